The highest BCUT2D eigenvalue weighted by atomic mass is 32.2. The van der Waals surface area contributed by atoms with Gasteiger partial charge in [-0.3, -0.25) is 9.55 Å². The Bertz CT molecular complexity index is 796. The van der Waals surface area contributed by atoms with Crippen LogP contribution in [0.4, 0.5) is 5.69 Å². The fourth-order valence-corrected chi connectivity index (χ4v) is 3.47. The number of rotatable bonds is 5. The fourth-order valence-electron chi connectivity index (χ4n) is 2.90. The molecule has 4 nitrogen and oxygen atoms in total. The molecule has 21 heavy (non-hydrogen) atoms. The van der Waals surface area contributed by atoms with Crippen LogP contribution in [0.2, 0.25) is 0 Å². The standard InChI is InChI=1S/C16H17NO3S/c18-21(19,20)10-4-3-6-13-11-17-15-9-8-12-5-1-2-7-14(12)16(13)15/h1-2,5,7-9,11,13H,3-4,6,10H2,(H,18,19,20). The van der Waals surface area contributed by atoms with Crippen LogP contribution in [0.15, 0.2) is 41.4 Å². The zero-order valence-corrected chi connectivity index (χ0v) is 12.4. The lowest BCUT2D eigenvalue weighted by molar-refractivity contribution is 0.479. The van der Waals surface area contributed by atoms with Gasteiger partial charge in [-0.15, -0.1) is 0 Å². The maximum absolute atomic E-state index is 10.7. The van der Waals surface area contributed by atoms with Gasteiger partial charge in [0.1, 0.15) is 0 Å². The van der Waals surface area contributed by atoms with Gasteiger partial charge in [0.2, 0.25) is 0 Å². The number of aliphatic imine (C=N–C) groups is 1. The highest BCUT2D eigenvalue weighted by Gasteiger charge is 2.21. The van der Waals surface area contributed by atoms with E-state index in [1.165, 1.54) is 16.3 Å². The summed E-state index contributed by atoms with van der Waals surface area (Å²) < 4.78 is 30.2. The van der Waals surface area contributed by atoms with Gasteiger partial charge in [-0.05, 0) is 35.2 Å². The summed E-state index contributed by atoms with van der Waals surface area (Å²) in [5.41, 5.74) is 2.24. The average Bonchev–Trinajstić information content (AvgIpc) is 2.86. The van der Waals surface area contributed by atoms with E-state index in [2.05, 4.69) is 23.2 Å². The van der Waals surface area contributed by atoms with Gasteiger partial charge in [0.05, 0.1) is 11.4 Å². The maximum Gasteiger partial charge on any atom is 0.264 e. The molecule has 1 heterocycles. The molecule has 110 valence electrons. The smallest absolute Gasteiger partial charge is 0.264 e. The number of nitrogens with zero attached hydrogens (tertiary/aromatic N) is 1. The highest BCUT2D eigenvalue weighted by molar-refractivity contribution is 7.85. The molecule has 0 aromatic heterocycles. The van der Waals surface area contributed by atoms with E-state index in [0.717, 1.165) is 18.5 Å². The first kappa shape index (κ1) is 14.2. The third-order valence-corrected chi connectivity index (χ3v) is 4.68. The second-order valence-electron chi connectivity index (χ2n) is 5.39. The number of unbranched alkanes of at least 4 members (excludes halogenated alkanes) is 1. The molecule has 0 radical (unpaired) electrons. The molecule has 5 heteroatoms. The molecule has 1 aliphatic rings. The summed E-state index contributed by atoms with van der Waals surface area (Å²) in [5, 5.41) is 2.41. The summed E-state index contributed by atoms with van der Waals surface area (Å²) in [6, 6.07) is 12.3. The lowest BCUT2D eigenvalue weighted by atomic mass is 9.91. The topological polar surface area (TPSA) is 66.7 Å². The van der Waals surface area contributed by atoms with E-state index in [1.807, 2.05) is 24.4 Å². The number of fused-ring (bicyclic) bond motifs is 3. The van der Waals surface area contributed by atoms with Crippen molar-refractivity contribution < 1.29 is 13.0 Å². The van der Waals surface area contributed by atoms with E-state index >= 15 is 0 Å². The molecule has 2 aromatic carbocycles. The molecule has 2 aromatic rings. The summed E-state index contributed by atoms with van der Waals surface area (Å²) in [4.78, 5) is 4.47. The van der Waals surface area contributed by atoms with E-state index in [4.69, 9.17) is 4.55 Å². The Morgan fingerprint density at radius 2 is 1.90 bits per heavy atom. The second kappa shape index (κ2) is 5.58. The van der Waals surface area contributed by atoms with Crippen molar-refractivity contribution in [2.24, 2.45) is 4.99 Å². The quantitative estimate of drug-likeness (QED) is 0.676. The molecule has 0 fully saturated rings. The van der Waals surface area contributed by atoms with E-state index in [0.29, 0.717) is 6.42 Å². The largest absolute Gasteiger partial charge is 0.286 e. The summed E-state index contributed by atoms with van der Waals surface area (Å²) in [6.45, 7) is 0. The van der Waals surface area contributed by atoms with Gasteiger partial charge in [0.15, 0.2) is 0 Å². The molecule has 0 bridgehead atoms. The van der Waals surface area contributed by atoms with E-state index < -0.39 is 10.1 Å². The third-order valence-electron chi connectivity index (χ3n) is 3.88. The molecular formula is C16H17NO3S. The van der Waals surface area contributed by atoms with Crippen LogP contribution < -0.4 is 0 Å². The molecule has 0 aliphatic carbocycles. The van der Waals surface area contributed by atoms with Gasteiger partial charge in [0.25, 0.3) is 10.1 Å². The van der Waals surface area contributed by atoms with Crippen molar-refractivity contribution in [3.05, 3.63) is 42.0 Å². The summed E-state index contributed by atoms with van der Waals surface area (Å²) in [6.07, 6.45) is 4.02. The van der Waals surface area contributed by atoms with Crippen molar-refractivity contribution >= 4 is 32.8 Å². The van der Waals surface area contributed by atoms with Crippen LogP contribution in [-0.4, -0.2) is 24.9 Å². The Balaban J connectivity index is 1.77. The lowest BCUT2D eigenvalue weighted by Crippen LogP contribution is -2.05. The minimum Gasteiger partial charge on any atom is -0.286 e. The van der Waals surface area contributed by atoms with Crippen LogP contribution in [0.1, 0.15) is 30.7 Å². The summed E-state index contributed by atoms with van der Waals surface area (Å²) in [7, 11) is -3.85. The van der Waals surface area contributed by atoms with Gasteiger partial charge in [-0.2, -0.15) is 8.42 Å². The first-order valence-corrected chi connectivity index (χ1v) is 8.66. The minimum absolute atomic E-state index is 0.167. The van der Waals surface area contributed by atoms with Crippen LogP contribution >= 0.6 is 0 Å². The predicted molar refractivity (Wildman–Crippen MR) is 85.1 cm³/mol. The van der Waals surface area contributed by atoms with Crippen molar-refractivity contribution in [2.45, 2.75) is 25.2 Å². The SMILES string of the molecule is O=S(=O)(O)CCCCC1C=Nc2ccc3ccccc3c21. The zero-order valence-electron chi connectivity index (χ0n) is 11.6. The van der Waals surface area contributed by atoms with E-state index in [1.54, 1.807) is 0 Å². The Hall–Kier alpha value is -1.72. The fraction of sp³-hybridized carbons (Fsp3) is 0.312. The molecule has 0 saturated carbocycles. The van der Waals surface area contributed by atoms with Crippen molar-refractivity contribution in [1.29, 1.82) is 0 Å². The van der Waals surface area contributed by atoms with Gasteiger partial charge >= 0.3 is 0 Å². The molecule has 0 saturated heterocycles. The predicted octanol–water partition coefficient (Wildman–Crippen LogP) is 3.70. The van der Waals surface area contributed by atoms with Crippen molar-refractivity contribution in [1.82, 2.24) is 0 Å². The Morgan fingerprint density at radius 1 is 1.10 bits per heavy atom. The Morgan fingerprint density at radius 3 is 2.71 bits per heavy atom. The van der Waals surface area contributed by atoms with Crippen molar-refractivity contribution in [3.63, 3.8) is 0 Å². The minimum atomic E-state index is -3.85. The molecular weight excluding hydrogens is 286 g/mol. The zero-order chi connectivity index (χ0) is 14.9. The van der Waals surface area contributed by atoms with Crippen LogP contribution in [0.3, 0.4) is 0 Å². The molecule has 1 unspecified atom stereocenters. The second-order valence-corrected chi connectivity index (χ2v) is 6.96. The average molecular weight is 303 g/mol. The van der Waals surface area contributed by atoms with Crippen LogP contribution in [0, 0.1) is 0 Å². The Labute approximate surface area is 124 Å². The first-order valence-electron chi connectivity index (χ1n) is 7.05. The van der Waals surface area contributed by atoms with Crippen molar-refractivity contribution in [2.75, 3.05) is 5.75 Å². The number of hydrogen-bond acceptors (Lipinski definition) is 3. The van der Waals surface area contributed by atoms with Crippen LogP contribution in [-0.2, 0) is 10.1 Å². The lowest BCUT2D eigenvalue weighted by Gasteiger charge is -2.12. The number of hydrogen-bond donors (Lipinski definition) is 1. The van der Waals surface area contributed by atoms with Gasteiger partial charge in [0, 0.05) is 12.1 Å². The first-order chi connectivity index (χ1) is 10.0. The van der Waals surface area contributed by atoms with Crippen LogP contribution in [0.5, 0.6) is 0 Å². The molecule has 0 amide bonds. The summed E-state index contributed by atoms with van der Waals surface area (Å²) >= 11 is 0. The van der Waals surface area contributed by atoms with Gasteiger partial charge in [-0.25, -0.2) is 0 Å². The molecule has 1 aliphatic heterocycles. The van der Waals surface area contributed by atoms with Gasteiger partial charge in [-0.1, -0.05) is 36.8 Å². The summed E-state index contributed by atoms with van der Waals surface area (Å²) in [5.74, 6) is 0.0618. The number of benzene rings is 2. The third kappa shape index (κ3) is 3.14. The molecule has 0 spiro atoms. The van der Waals surface area contributed by atoms with E-state index in [9.17, 15) is 8.42 Å². The van der Waals surface area contributed by atoms with E-state index in [-0.39, 0.29) is 11.7 Å². The maximum atomic E-state index is 10.7. The Kier molecular flexibility index (Phi) is 3.78. The van der Waals surface area contributed by atoms with Gasteiger partial charge < -0.3 is 0 Å². The molecule has 1 atom stereocenters. The monoisotopic (exact) mass is 303 g/mol. The van der Waals surface area contributed by atoms with Crippen molar-refractivity contribution in [3.8, 4) is 0 Å². The normalized spacial score (nSPS) is 17.3. The van der Waals surface area contributed by atoms with Crippen LogP contribution in [0.25, 0.3) is 10.8 Å². The molecule has 3 rings (SSSR count). The highest BCUT2D eigenvalue weighted by Crippen LogP contribution is 2.39. The molecule has 1 N–H and O–H groups in total.